The van der Waals surface area contributed by atoms with Crippen LogP contribution in [0, 0.1) is 0 Å². The van der Waals surface area contributed by atoms with Crippen molar-refractivity contribution >= 4 is 17.8 Å². The third-order valence-corrected chi connectivity index (χ3v) is 2.53. The highest BCUT2D eigenvalue weighted by molar-refractivity contribution is 5.85. The maximum Gasteiger partial charge on any atom is 0.303 e. The molecule has 1 aliphatic carbocycles. The molecule has 0 aliphatic heterocycles. The smallest absolute Gasteiger partial charge is 0.303 e. The SMILES string of the molecule is CN(CC(=O)NC1CC1)C(=O)CCCC(=O)O. The second kappa shape index (κ2) is 6.22. The molecule has 1 saturated carbocycles. The highest BCUT2D eigenvalue weighted by Gasteiger charge is 2.24. The van der Waals surface area contributed by atoms with E-state index in [4.69, 9.17) is 5.11 Å². The van der Waals surface area contributed by atoms with Gasteiger partial charge in [-0.2, -0.15) is 0 Å². The first-order chi connectivity index (χ1) is 7.99. The van der Waals surface area contributed by atoms with Crippen molar-refractivity contribution < 1.29 is 19.5 Å². The average molecular weight is 242 g/mol. The molecule has 96 valence electrons. The lowest BCUT2D eigenvalue weighted by Crippen LogP contribution is -2.39. The highest BCUT2D eigenvalue weighted by atomic mass is 16.4. The number of carboxylic acids is 1. The van der Waals surface area contributed by atoms with Crippen molar-refractivity contribution in [3.05, 3.63) is 0 Å². The first-order valence-electron chi connectivity index (χ1n) is 5.74. The third kappa shape index (κ3) is 5.89. The molecule has 1 fully saturated rings. The number of nitrogens with zero attached hydrogens (tertiary/aromatic N) is 1. The van der Waals surface area contributed by atoms with Crippen LogP contribution in [0.25, 0.3) is 0 Å². The van der Waals surface area contributed by atoms with Crippen molar-refractivity contribution in [3.8, 4) is 0 Å². The van der Waals surface area contributed by atoms with E-state index in [1.165, 1.54) is 4.90 Å². The van der Waals surface area contributed by atoms with Crippen molar-refractivity contribution in [2.45, 2.75) is 38.1 Å². The quantitative estimate of drug-likeness (QED) is 0.656. The number of carbonyl (C=O) groups excluding carboxylic acids is 2. The van der Waals surface area contributed by atoms with Gasteiger partial charge in [-0.05, 0) is 19.3 Å². The zero-order valence-corrected chi connectivity index (χ0v) is 9.94. The van der Waals surface area contributed by atoms with Crippen LogP contribution < -0.4 is 5.32 Å². The number of carbonyl (C=O) groups is 3. The van der Waals surface area contributed by atoms with Gasteiger partial charge in [-0.3, -0.25) is 14.4 Å². The molecule has 1 rings (SSSR count). The fourth-order valence-electron chi connectivity index (χ4n) is 1.39. The second-order valence-electron chi connectivity index (χ2n) is 4.34. The van der Waals surface area contributed by atoms with Gasteiger partial charge in [-0.15, -0.1) is 0 Å². The Hall–Kier alpha value is -1.59. The van der Waals surface area contributed by atoms with E-state index in [9.17, 15) is 14.4 Å². The molecule has 1 aliphatic rings. The van der Waals surface area contributed by atoms with E-state index >= 15 is 0 Å². The van der Waals surface area contributed by atoms with E-state index < -0.39 is 5.97 Å². The summed E-state index contributed by atoms with van der Waals surface area (Å²) in [6.45, 7) is 0.0441. The number of rotatable bonds is 7. The van der Waals surface area contributed by atoms with Crippen LogP contribution in [0.2, 0.25) is 0 Å². The average Bonchev–Trinajstić information content (AvgIpc) is 3.00. The Morgan fingerprint density at radius 3 is 2.47 bits per heavy atom. The zero-order valence-electron chi connectivity index (χ0n) is 9.94. The summed E-state index contributed by atoms with van der Waals surface area (Å²) in [5.74, 6) is -1.26. The molecule has 0 saturated heterocycles. The Bertz CT molecular complexity index is 313. The molecular weight excluding hydrogens is 224 g/mol. The monoisotopic (exact) mass is 242 g/mol. The first kappa shape index (κ1) is 13.5. The number of amides is 2. The normalized spacial score (nSPS) is 14.2. The largest absolute Gasteiger partial charge is 0.481 e. The van der Waals surface area contributed by atoms with E-state index in [1.807, 2.05) is 0 Å². The maximum absolute atomic E-state index is 11.5. The van der Waals surface area contributed by atoms with E-state index in [-0.39, 0.29) is 37.2 Å². The number of nitrogens with one attached hydrogen (secondary N) is 1. The Balaban J connectivity index is 2.16. The predicted molar refractivity (Wildman–Crippen MR) is 60.3 cm³/mol. The van der Waals surface area contributed by atoms with Crippen molar-refractivity contribution in [2.24, 2.45) is 0 Å². The van der Waals surface area contributed by atoms with E-state index in [1.54, 1.807) is 7.05 Å². The fraction of sp³-hybridized carbons (Fsp3) is 0.727. The first-order valence-corrected chi connectivity index (χ1v) is 5.74. The summed E-state index contributed by atoms with van der Waals surface area (Å²) >= 11 is 0. The number of likely N-dealkylation sites (N-methyl/N-ethyl adjacent to an activating group) is 1. The van der Waals surface area contributed by atoms with Gasteiger partial charge < -0.3 is 15.3 Å². The molecule has 6 heteroatoms. The van der Waals surface area contributed by atoms with Crippen LogP contribution >= 0.6 is 0 Å². The van der Waals surface area contributed by atoms with Crippen LogP contribution in [0.15, 0.2) is 0 Å². The van der Waals surface area contributed by atoms with Crippen LogP contribution in [0.3, 0.4) is 0 Å². The molecule has 0 aromatic rings. The number of hydrogen-bond acceptors (Lipinski definition) is 3. The maximum atomic E-state index is 11.5. The zero-order chi connectivity index (χ0) is 12.8. The molecule has 0 heterocycles. The van der Waals surface area contributed by atoms with Gasteiger partial charge in [-0.1, -0.05) is 0 Å². The van der Waals surface area contributed by atoms with Crippen LogP contribution in [0.1, 0.15) is 32.1 Å². The molecule has 0 unspecified atom stereocenters. The minimum Gasteiger partial charge on any atom is -0.481 e. The second-order valence-corrected chi connectivity index (χ2v) is 4.34. The summed E-state index contributed by atoms with van der Waals surface area (Å²) in [6.07, 6.45) is 2.49. The molecule has 2 N–H and O–H groups in total. The van der Waals surface area contributed by atoms with Gasteiger partial charge >= 0.3 is 5.97 Å². The van der Waals surface area contributed by atoms with E-state index in [2.05, 4.69) is 5.32 Å². The van der Waals surface area contributed by atoms with E-state index in [0.29, 0.717) is 6.42 Å². The lowest BCUT2D eigenvalue weighted by Gasteiger charge is -2.16. The molecular formula is C11H18N2O4. The summed E-state index contributed by atoms with van der Waals surface area (Å²) in [5.41, 5.74) is 0. The fourth-order valence-corrected chi connectivity index (χ4v) is 1.39. The molecule has 0 aromatic carbocycles. The predicted octanol–water partition coefficient (Wildman–Crippen LogP) is -0.0217. The van der Waals surface area contributed by atoms with Crippen LogP contribution in [-0.4, -0.2) is 47.4 Å². The minimum absolute atomic E-state index is 0.0200. The van der Waals surface area contributed by atoms with Gasteiger partial charge in [0.05, 0.1) is 6.54 Å². The van der Waals surface area contributed by atoms with Crippen molar-refractivity contribution in [1.82, 2.24) is 10.2 Å². The topological polar surface area (TPSA) is 86.7 Å². The molecule has 0 aromatic heterocycles. The molecule has 2 amide bonds. The number of hydrogen-bond donors (Lipinski definition) is 2. The Morgan fingerprint density at radius 1 is 1.29 bits per heavy atom. The number of carboxylic acid groups (broad SMARTS) is 1. The van der Waals surface area contributed by atoms with Crippen molar-refractivity contribution in [1.29, 1.82) is 0 Å². The van der Waals surface area contributed by atoms with Crippen LogP contribution in [0.5, 0.6) is 0 Å². The standard InChI is InChI=1S/C11H18N2O4/c1-13(7-9(14)12-8-5-6-8)10(15)3-2-4-11(16)17/h8H,2-7H2,1H3,(H,12,14)(H,16,17). The molecule has 6 nitrogen and oxygen atoms in total. The van der Waals surface area contributed by atoms with E-state index in [0.717, 1.165) is 12.8 Å². The molecule has 0 atom stereocenters. The Morgan fingerprint density at radius 2 is 1.94 bits per heavy atom. The highest BCUT2D eigenvalue weighted by Crippen LogP contribution is 2.18. The van der Waals surface area contributed by atoms with Gasteiger partial charge in [0, 0.05) is 25.9 Å². The third-order valence-electron chi connectivity index (χ3n) is 2.53. The van der Waals surface area contributed by atoms with Gasteiger partial charge in [-0.25, -0.2) is 0 Å². The lowest BCUT2D eigenvalue weighted by atomic mass is 10.2. The Kier molecular flexibility index (Phi) is 4.93. The summed E-state index contributed by atoms with van der Waals surface area (Å²) in [5, 5.41) is 11.2. The van der Waals surface area contributed by atoms with Crippen molar-refractivity contribution in [2.75, 3.05) is 13.6 Å². The van der Waals surface area contributed by atoms with Crippen LogP contribution in [0.4, 0.5) is 0 Å². The summed E-state index contributed by atoms with van der Waals surface area (Å²) in [4.78, 5) is 34.5. The molecule has 0 spiro atoms. The molecule has 0 radical (unpaired) electrons. The van der Waals surface area contributed by atoms with Crippen molar-refractivity contribution in [3.63, 3.8) is 0 Å². The van der Waals surface area contributed by atoms with Gasteiger partial charge in [0.2, 0.25) is 11.8 Å². The summed E-state index contributed by atoms with van der Waals surface area (Å²) < 4.78 is 0. The molecule has 17 heavy (non-hydrogen) atoms. The van der Waals surface area contributed by atoms with Gasteiger partial charge in [0.1, 0.15) is 0 Å². The van der Waals surface area contributed by atoms with Gasteiger partial charge in [0.25, 0.3) is 0 Å². The van der Waals surface area contributed by atoms with Gasteiger partial charge in [0.15, 0.2) is 0 Å². The van der Waals surface area contributed by atoms with Crippen LogP contribution in [-0.2, 0) is 14.4 Å². The lowest BCUT2D eigenvalue weighted by molar-refractivity contribution is -0.138. The molecule has 0 bridgehead atoms. The summed E-state index contributed by atoms with van der Waals surface area (Å²) in [7, 11) is 1.55. The minimum atomic E-state index is -0.910. The Labute approximate surface area is 100.0 Å². The number of aliphatic carboxylic acids is 1. The summed E-state index contributed by atoms with van der Waals surface area (Å²) in [6, 6.07) is 0.290.